The van der Waals surface area contributed by atoms with E-state index in [1.54, 1.807) is 0 Å². The fourth-order valence-corrected chi connectivity index (χ4v) is 3.37. The third-order valence-corrected chi connectivity index (χ3v) is 4.72. The van der Waals surface area contributed by atoms with Gasteiger partial charge in [-0.25, -0.2) is 0 Å². The van der Waals surface area contributed by atoms with Crippen molar-refractivity contribution in [2.75, 3.05) is 13.1 Å². The van der Waals surface area contributed by atoms with Crippen LogP contribution >= 0.6 is 0 Å². The number of carbonyl (C=O) groups is 2. The summed E-state index contributed by atoms with van der Waals surface area (Å²) in [5.74, 6) is -0.413. The lowest BCUT2D eigenvalue weighted by Gasteiger charge is -2.37. The molecule has 0 aromatic heterocycles. The highest BCUT2D eigenvalue weighted by atomic mass is 16.4. The van der Waals surface area contributed by atoms with Crippen LogP contribution < -0.4 is 0 Å². The first kappa shape index (κ1) is 16.5. The molecule has 2 rings (SSSR count). The lowest BCUT2D eigenvalue weighted by atomic mass is 9.80. The third-order valence-electron chi connectivity index (χ3n) is 4.72. The van der Waals surface area contributed by atoms with Crippen molar-refractivity contribution in [3.8, 4) is 0 Å². The van der Waals surface area contributed by atoms with Crippen molar-refractivity contribution in [2.24, 2.45) is 5.92 Å². The summed E-state index contributed by atoms with van der Waals surface area (Å²) in [6.45, 7) is 7.30. The van der Waals surface area contributed by atoms with Crippen LogP contribution in [0.4, 0.5) is 0 Å². The van der Waals surface area contributed by atoms with Gasteiger partial charge >= 0.3 is 5.97 Å². The fourth-order valence-electron chi connectivity index (χ4n) is 3.37. The molecule has 1 N–H and O–H groups in total. The van der Waals surface area contributed by atoms with E-state index in [9.17, 15) is 9.59 Å². The van der Waals surface area contributed by atoms with Gasteiger partial charge in [0.2, 0.25) is 5.91 Å². The smallest absolute Gasteiger partial charge is 0.303 e. The summed E-state index contributed by atoms with van der Waals surface area (Å²) in [5.41, 5.74) is 1.64. The molecule has 1 aromatic rings. The van der Waals surface area contributed by atoms with Gasteiger partial charge in [0.05, 0.1) is 5.41 Å². The number of aryl methyl sites for hydroxylation is 1. The topological polar surface area (TPSA) is 57.6 Å². The third kappa shape index (κ3) is 3.49. The number of carboxylic acids is 1. The van der Waals surface area contributed by atoms with Gasteiger partial charge in [-0.1, -0.05) is 24.3 Å². The molecule has 4 heteroatoms. The molecule has 0 saturated carbocycles. The summed E-state index contributed by atoms with van der Waals surface area (Å²) in [6, 6.07) is 8.00. The van der Waals surface area contributed by atoms with Gasteiger partial charge in [0, 0.05) is 19.5 Å². The molecule has 1 aromatic carbocycles. The van der Waals surface area contributed by atoms with Gasteiger partial charge in [-0.3, -0.25) is 9.59 Å². The first-order valence-electron chi connectivity index (χ1n) is 7.89. The van der Waals surface area contributed by atoms with E-state index in [0.29, 0.717) is 13.1 Å². The molecule has 0 atom stereocenters. The highest BCUT2D eigenvalue weighted by Gasteiger charge is 2.36. The molecule has 0 aliphatic carbocycles. The zero-order valence-corrected chi connectivity index (χ0v) is 13.6. The van der Waals surface area contributed by atoms with Gasteiger partial charge in [-0.2, -0.15) is 0 Å². The van der Waals surface area contributed by atoms with Gasteiger partial charge in [0.15, 0.2) is 0 Å². The van der Waals surface area contributed by atoms with Crippen molar-refractivity contribution in [1.29, 1.82) is 0 Å². The summed E-state index contributed by atoms with van der Waals surface area (Å²) in [7, 11) is 0. The molecule has 1 saturated heterocycles. The number of aliphatic carboxylic acids is 1. The second kappa shape index (κ2) is 6.51. The largest absolute Gasteiger partial charge is 0.481 e. The zero-order valence-electron chi connectivity index (χ0n) is 13.6. The van der Waals surface area contributed by atoms with Crippen LogP contribution in [-0.4, -0.2) is 35.0 Å². The number of likely N-dealkylation sites (tertiary alicyclic amines) is 1. The minimum Gasteiger partial charge on any atom is -0.481 e. The molecule has 1 aliphatic rings. The number of nitrogens with zero attached hydrogens (tertiary/aromatic N) is 1. The van der Waals surface area contributed by atoms with Gasteiger partial charge in [0.25, 0.3) is 0 Å². The van der Waals surface area contributed by atoms with Crippen LogP contribution in [0, 0.1) is 12.8 Å². The Hall–Kier alpha value is -1.84. The predicted octanol–water partition coefficient (Wildman–Crippen LogP) is 2.99. The minimum absolute atomic E-state index is 0.135. The quantitative estimate of drug-likeness (QED) is 0.930. The predicted molar refractivity (Wildman–Crippen MR) is 85.8 cm³/mol. The Bertz CT molecular complexity index is 557. The summed E-state index contributed by atoms with van der Waals surface area (Å²) >= 11 is 0. The molecule has 0 bridgehead atoms. The van der Waals surface area contributed by atoms with Crippen molar-refractivity contribution in [1.82, 2.24) is 4.90 Å². The number of carbonyl (C=O) groups excluding carboxylic acids is 1. The maximum Gasteiger partial charge on any atom is 0.303 e. The zero-order chi connectivity index (χ0) is 16.3. The number of carboxylic acid groups (broad SMARTS) is 1. The highest BCUT2D eigenvalue weighted by molar-refractivity contribution is 5.88. The van der Waals surface area contributed by atoms with Crippen molar-refractivity contribution in [3.05, 3.63) is 35.4 Å². The Morgan fingerprint density at radius 3 is 2.36 bits per heavy atom. The number of rotatable bonds is 4. The SMILES string of the molecule is Cc1ccccc1C(C)(C)C(=O)N1CCC(CC(=O)O)CC1. The molecular weight excluding hydrogens is 278 g/mol. The van der Waals surface area contributed by atoms with Gasteiger partial charge < -0.3 is 10.0 Å². The van der Waals surface area contributed by atoms with Gasteiger partial charge in [-0.15, -0.1) is 0 Å². The maximum absolute atomic E-state index is 12.9. The van der Waals surface area contributed by atoms with Crippen LogP contribution in [0.1, 0.15) is 44.2 Å². The summed E-state index contributed by atoms with van der Waals surface area (Å²) in [5, 5.41) is 8.87. The molecule has 22 heavy (non-hydrogen) atoms. The highest BCUT2D eigenvalue weighted by Crippen LogP contribution is 2.30. The molecule has 1 amide bonds. The average Bonchev–Trinajstić information content (AvgIpc) is 2.47. The van der Waals surface area contributed by atoms with Crippen LogP contribution in [0.2, 0.25) is 0 Å². The van der Waals surface area contributed by atoms with Crippen LogP contribution in [0.25, 0.3) is 0 Å². The summed E-state index contributed by atoms with van der Waals surface area (Å²) in [4.78, 5) is 25.6. The van der Waals surface area contributed by atoms with Crippen LogP contribution in [0.15, 0.2) is 24.3 Å². The average molecular weight is 303 g/mol. The Balaban J connectivity index is 2.06. The Labute approximate surface area is 132 Å². The van der Waals surface area contributed by atoms with E-state index in [4.69, 9.17) is 5.11 Å². The number of piperidine rings is 1. The molecule has 0 spiro atoms. The van der Waals surface area contributed by atoms with E-state index in [0.717, 1.165) is 24.0 Å². The summed E-state index contributed by atoms with van der Waals surface area (Å²) < 4.78 is 0. The molecule has 1 aliphatic heterocycles. The van der Waals surface area contributed by atoms with E-state index < -0.39 is 11.4 Å². The lowest BCUT2D eigenvalue weighted by molar-refractivity contribution is -0.139. The van der Waals surface area contributed by atoms with E-state index in [1.807, 2.05) is 49.9 Å². The number of hydrogen-bond acceptors (Lipinski definition) is 2. The molecule has 0 radical (unpaired) electrons. The lowest BCUT2D eigenvalue weighted by Crippen LogP contribution is -2.47. The summed E-state index contributed by atoms with van der Waals surface area (Å²) in [6.07, 6.45) is 1.77. The van der Waals surface area contributed by atoms with Gasteiger partial charge in [0.1, 0.15) is 0 Å². The van der Waals surface area contributed by atoms with E-state index in [-0.39, 0.29) is 18.2 Å². The normalized spacial score (nSPS) is 16.6. The van der Waals surface area contributed by atoms with Gasteiger partial charge in [-0.05, 0) is 50.7 Å². The molecule has 1 fully saturated rings. The van der Waals surface area contributed by atoms with E-state index >= 15 is 0 Å². The van der Waals surface area contributed by atoms with Crippen molar-refractivity contribution in [3.63, 3.8) is 0 Å². The number of benzene rings is 1. The molecular formula is C18H25NO3. The molecule has 1 heterocycles. The second-order valence-corrected chi connectivity index (χ2v) is 6.77. The molecule has 0 unspecified atom stereocenters. The monoisotopic (exact) mass is 303 g/mol. The van der Waals surface area contributed by atoms with Crippen molar-refractivity contribution in [2.45, 2.75) is 45.4 Å². The molecule has 4 nitrogen and oxygen atoms in total. The number of hydrogen-bond donors (Lipinski definition) is 1. The number of amides is 1. The standard InChI is InChI=1S/C18H25NO3/c1-13-6-4-5-7-15(13)18(2,3)17(22)19-10-8-14(9-11-19)12-16(20)21/h4-7,14H,8-12H2,1-3H3,(H,20,21). The Morgan fingerprint density at radius 2 is 1.82 bits per heavy atom. The first-order valence-corrected chi connectivity index (χ1v) is 7.89. The molecule has 120 valence electrons. The van der Waals surface area contributed by atoms with Crippen LogP contribution in [-0.2, 0) is 15.0 Å². The van der Waals surface area contributed by atoms with Crippen LogP contribution in [0.3, 0.4) is 0 Å². The van der Waals surface area contributed by atoms with Crippen molar-refractivity contribution < 1.29 is 14.7 Å². The van der Waals surface area contributed by atoms with Crippen molar-refractivity contribution >= 4 is 11.9 Å². The van der Waals surface area contributed by atoms with Crippen LogP contribution in [0.5, 0.6) is 0 Å². The fraction of sp³-hybridized carbons (Fsp3) is 0.556. The second-order valence-electron chi connectivity index (χ2n) is 6.77. The Kier molecular flexibility index (Phi) is 4.89. The Morgan fingerprint density at radius 1 is 1.23 bits per heavy atom. The van der Waals surface area contributed by atoms with E-state index in [1.165, 1.54) is 0 Å². The minimum atomic E-state index is -0.745. The van der Waals surface area contributed by atoms with E-state index in [2.05, 4.69) is 0 Å². The first-order chi connectivity index (χ1) is 10.3. The maximum atomic E-state index is 12.9.